The molecule has 16 heavy (non-hydrogen) atoms. The zero-order valence-corrected chi connectivity index (χ0v) is 10.0. The number of aliphatic hydroxyl groups is 1. The zero-order valence-electron chi connectivity index (χ0n) is 10.0. The standard InChI is InChI=1S/C13H21NO2/c1-2-4-11-9-13(15,7-8-16-11)12(10-14)5-3-6-12/h11,15H,2-9H2,1H3. The van der Waals surface area contributed by atoms with Crippen LogP contribution >= 0.6 is 0 Å². The summed E-state index contributed by atoms with van der Waals surface area (Å²) in [7, 11) is 0. The molecule has 0 amide bonds. The molecule has 3 heteroatoms. The Morgan fingerprint density at radius 2 is 2.19 bits per heavy atom. The molecule has 2 fully saturated rings. The molecular formula is C13H21NO2. The molecule has 0 aromatic carbocycles. The molecule has 3 nitrogen and oxygen atoms in total. The summed E-state index contributed by atoms with van der Waals surface area (Å²) >= 11 is 0. The Labute approximate surface area is 97.4 Å². The van der Waals surface area contributed by atoms with Crippen molar-refractivity contribution in [3.63, 3.8) is 0 Å². The highest BCUT2D eigenvalue weighted by molar-refractivity contribution is 5.16. The monoisotopic (exact) mass is 223 g/mol. The average molecular weight is 223 g/mol. The maximum atomic E-state index is 10.7. The van der Waals surface area contributed by atoms with E-state index >= 15 is 0 Å². The number of hydrogen-bond donors (Lipinski definition) is 1. The quantitative estimate of drug-likeness (QED) is 0.799. The SMILES string of the molecule is CCCC1CC(O)(C2(C#N)CCC2)CCO1. The number of nitriles is 1. The van der Waals surface area contributed by atoms with Gasteiger partial charge in [0.1, 0.15) is 0 Å². The molecule has 1 N–H and O–H groups in total. The summed E-state index contributed by atoms with van der Waals surface area (Å²) in [6.07, 6.45) is 6.28. The van der Waals surface area contributed by atoms with Gasteiger partial charge in [0.25, 0.3) is 0 Å². The lowest BCUT2D eigenvalue weighted by molar-refractivity contribution is -0.173. The minimum absolute atomic E-state index is 0.148. The van der Waals surface area contributed by atoms with Crippen molar-refractivity contribution in [1.82, 2.24) is 0 Å². The lowest BCUT2D eigenvalue weighted by atomic mass is 9.56. The Hall–Kier alpha value is -0.590. The van der Waals surface area contributed by atoms with Crippen molar-refractivity contribution in [3.05, 3.63) is 0 Å². The van der Waals surface area contributed by atoms with E-state index in [1.807, 2.05) is 0 Å². The van der Waals surface area contributed by atoms with Crippen LogP contribution in [0.1, 0.15) is 51.9 Å². The van der Waals surface area contributed by atoms with E-state index in [9.17, 15) is 10.4 Å². The first-order valence-corrected chi connectivity index (χ1v) is 6.41. The molecule has 0 bridgehead atoms. The zero-order chi connectivity index (χ0) is 11.6. The second kappa shape index (κ2) is 4.35. The molecule has 0 aromatic rings. The number of rotatable bonds is 3. The van der Waals surface area contributed by atoms with Crippen LogP contribution in [-0.2, 0) is 4.74 Å². The Balaban J connectivity index is 2.09. The highest BCUT2D eigenvalue weighted by Crippen LogP contribution is 2.53. The first-order valence-electron chi connectivity index (χ1n) is 6.41. The maximum absolute atomic E-state index is 10.7. The van der Waals surface area contributed by atoms with Crippen molar-refractivity contribution >= 4 is 0 Å². The molecule has 1 aliphatic carbocycles. The normalized spacial score (nSPS) is 37.4. The van der Waals surface area contributed by atoms with Crippen molar-refractivity contribution in [2.24, 2.45) is 5.41 Å². The van der Waals surface area contributed by atoms with Gasteiger partial charge in [-0.3, -0.25) is 0 Å². The fraction of sp³-hybridized carbons (Fsp3) is 0.923. The third-order valence-corrected chi connectivity index (χ3v) is 4.36. The summed E-state index contributed by atoms with van der Waals surface area (Å²) < 4.78 is 5.65. The molecule has 0 spiro atoms. The Kier molecular flexibility index (Phi) is 3.23. The van der Waals surface area contributed by atoms with Crippen molar-refractivity contribution in [2.45, 2.75) is 63.6 Å². The van der Waals surface area contributed by atoms with Gasteiger partial charge in [-0.1, -0.05) is 19.8 Å². The second-order valence-electron chi connectivity index (χ2n) is 5.31. The van der Waals surface area contributed by atoms with Crippen molar-refractivity contribution in [2.75, 3.05) is 6.61 Å². The van der Waals surface area contributed by atoms with Crippen LogP contribution in [0.15, 0.2) is 0 Å². The van der Waals surface area contributed by atoms with Gasteiger partial charge < -0.3 is 9.84 Å². The minimum atomic E-state index is -0.794. The van der Waals surface area contributed by atoms with Crippen molar-refractivity contribution in [1.29, 1.82) is 5.26 Å². The lowest BCUT2D eigenvalue weighted by Crippen LogP contribution is -2.56. The molecule has 0 aromatic heterocycles. The Bertz CT molecular complexity index is 291. The molecule has 2 rings (SSSR count). The molecule has 1 heterocycles. The summed E-state index contributed by atoms with van der Waals surface area (Å²) in [5.41, 5.74) is -1.26. The van der Waals surface area contributed by atoms with E-state index < -0.39 is 11.0 Å². The van der Waals surface area contributed by atoms with Gasteiger partial charge in [-0.25, -0.2) is 0 Å². The smallest absolute Gasteiger partial charge is 0.0879 e. The first-order chi connectivity index (χ1) is 7.66. The van der Waals surface area contributed by atoms with Gasteiger partial charge in [-0.05, 0) is 19.3 Å². The number of ether oxygens (including phenoxy) is 1. The van der Waals surface area contributed by atoms with Crippen molar-refractivity contribution in [3.8, 4) is 6.07 Å². The summed E-state index contributed by atoms with van der Waals surface area (Å²) in [5, 5.41) is 20.1. The Morgan fingerprint density at radius 3 is 2.69 bits per heavy atom. The van der Waals surface area contributed by atoms with Crippen LogP contribution in [0.25, 0.3) is 0 Å². The molecular weight excluding hydrogens is 202 g/mol. The molecule has 2 atom stereocenters. The van der Waals surface area contributed by atoms with Crippen LogP contribution in [0.3, 0.4) is 0 Å². The van der Waals surface area contributed by atoms with Crippen molar-refractivity contribution < 1.29 is 9.84 Å². The summed E-state index contributed by atoms with van der Waals surface area (Å²) in [6.45, 7) is 2.73. The van der Waals surface area contributed by atoms with Crippen LogP contribution in [0, 0.1) is 16.7 Å². The average Bonchev–Trinajstić information content (AvgIpc) is 2.16. The van der Waals surface area contributed by atoms with E-state index in [1.165, 1.54) is 0 Å². The molecule has 2 aliphatic rings. The summed E-state index contributed by atoms with van der Waals surface area (Å²) in [6, 6.07) is 2.38. The summed E-state index contributed by atoms with van der Waals surface area (Å²) in [4.78, 5) is 0. The fourth-order valence-corrected chi connectivity index (χ4v) is 3.09. The van der Waals surface area contributed by atoms with Crippen LogP contribution in [-0.4, -0.2) is 23.4 Å². The predicted octanol–water partition coefficient (Wildman–Crippen LogP) is 2.39. The molecule has 90 valence electrons. The molecule has 1 aliphatic heterocycles. The van der Waals surface area contributed by atoms with Gasteiger partial charge in [0.2, 0.25) is 0 Å². The fourth-order valence-electron chi connectivity index (χ4n) is 3.09. The van der Waals surface area contributed by atoms with E-state index in [2.05, 4.69) is 13.0 Å². The third kappa shape index (κ3) is 1.74. The molecule has 1 saturated carbocycles. The van der Waals surface area contributed by atoms with E-state index in [-0.39, 0.29) is 6.10 Å². The molecule has 0 radical (unpaired) electrons. The van der Waals surface area contributed by atoms with Crippen LogP contribution in [0.5, 0.6) is 0 Å². The second-order valence-corrected chi connectivity index (χ2v) is 5.31. The highest BCUT2D eigenvalue weighted by Gasteiger charge is 2.56. The topological polar surface area (TPSA) is 53.2 Å². The van der Waals surface area contributed by atoms with Crippen LogP contribution in [0.4, 0.5) is 0 Å². The van der Waals surface area contributed by atoms with Gasteiger partial charge in [0.05, 0.1) is 23.2 Å². The van der Waals surface area contributed by atoms with Gasteiger partial charge in [-0.15, -0.1) is 0 Å². The van der Waals surface area contributed by atoms with E-state index in [1.54, 1.807) is 0 Å². The number of nitrogens with zero attached hydrogens (tertiary/aromatic N) is 1. The highest BCUT2D eigenvalue weighted by atomic mass is 16.5. The molecule has 2 unspecified atom stereocenters. The van der Waals surface area contributed by atoms with E-state index in [0.717, 1.165) is 32.1 Å². The van der Waals surface area contributed by atoms with Gasteiger partial charge in [0.15, 0.2) is 0 Å². The number of hydrogen-bond acceptors (Lipinski definition) is 3. The van der Waals surface area contributed by atoms with Crippen LogP contribution < -0.4 is 0 Å². The Morgan fingerprint density at radius 1 is 1.44 bits per heavy atom. The van der Waals surface area contributed by atoms with Crippen LogP contribution in [0.2, 0.25) is 0 Å². The lowest BCUT2D eigenvalue weighted by Gasteiger charge is -2.51. The van der Waals surface area contributed by atoms with Gasteiger partial charge >= 0.3 is 0 Å². The largest absolute Gasteiger partial charge is 0.388 e. The summed E-state index contributed by atoms with van der Waals surface area (Å²) in [5.74, 6) is 0. The predicted molar refractivity (Wildman–Crippen MR) is 60.7 cm³/mol. The van der Waals surface area contributed by atoms with E-state index in [4.69, 9.17) is 4.74 Å². The van der Waals surface area contributed by atoms with E-state index in [0.29, 0.717) is 19.4 Å². The van der Waals surface area contributed by atoms with Gasteiger partial charge in [-0.2, -0.15) is 5.26 Å². The first kappa shape index (κ1) is 11.9. The van der Waals surface area contributed by atoms with Gasteiger partial charge in [0, 0.05) is 19.4 Å². The maximum Gasteiger partial charge on any atom is 0.0879 e. The molecule has 1 saturated heterocycles. The third-order valence-electron chi connectivity index (χ3n) is 4.36. The minimum Gasteiger partial charge on any atom is -0.388 e.